The molecule has 0 saturated carbocycles. The van der Waals surface area contributed by atoms with Crippen molar-refractivity contribution in [2.45, 2.75) is 24.9 Å². The van der Waals surface area contributed by atoms with Crippen molar-refractivity contribution in [3.8, 4) is 0 Å². The van der Waals surface area contributed by atoms with Crippen molar-refractivity contribution in [3.05, 3.63) is 17.7 Å². The van der Waals surface area contributed by atoms with Crippen LogP contribution in [0.1, 0.15) is 30.3 Å². The lowest BCUT2D eigenvalue weighted by Gasteiger charge is -2.30. The molecule has 2 rings (SSSR count). The molecule has 0 aromatic carbocycles. The fourth-order valence-corrected chi connectivity index (χ4v) is 2.30. The van der Waals surface area contributed by atoms with Crippen LogP contribution in [-0.2, 0) is 6.18 Å². The van der Waals surface area contributed by atoms with Crippen LogP contribution in [0, 0.1) is 0 Å². The summed E-state index contributed by atoms with van der Waals surface area (Å²) in [5, 5.41) is 0. The first-order valence-electron chi connectivity index (χ1n) is 6.05. The highest BCUT2D eigenvalue weighted by atomic mass is 19.4. The number of halogens is 3. The van der Waals surface area contributed by atoms with Gasteiger partial charge in [-0.05, 0) is 25.9 Å². The number of nitrogens with zero attached hydrogens (tertiary/aromatic N) is 2. The number of hydrogen-bond acceptors (Lipinski definition) is 3. The van der Waals surface area contributed by atoms with E-state index >= 15 is 0 Å². The van der Waals surface area contributed by atoms with Crippen LogP contribution in [-0.4, -0.2) is 41.0 Å². The molecule has 2 heterocycles. The first-order valence-corrected chi connectivity index (χ1v) is 6.05. The lowest BCUT2D eigenvalue weighted by Crippen LogP contribution is -2.36. The zero-order chi connectivity index (χ0) is 13.2. The largest absolute Gasteiger partial charge is 0.432 e. The number of nitrogens with one attached hydrogen (secondary N) is 1. The van der Waals surface area contributed by atoms with Crippen LogP contribution in [0.25, 0.3) is 0 Å². The second kappa shape index (κ2) is 5.27. The molecule has 102 valence electrons. The summed E-state index contributed by atoms with van der Waals surface area (Å²) in [6.07, 6.45) is -1.82. The van der Waals surface area contributed by atoms with Gasteiger partial charge in [-0.15, -0.1) is 0 Å². The molecule has 0 atom stereocenters. The Labute approximate surface area is 103 Å². The van der Waals surface area contributed by atoms with Crippen molar-refractivity contribution in [2.24, 2.45) is 5.73 Å². The van der Waals surface area contributed by atoms with E-state index in [9.17, 15) is 13.2 Å². The normalized spacial score (nSPS) is 19.3. The number of imidazole rings is 1. The van der Waals surface area contributed by atoms with E-state index in [4.69, 9.17) is 5.73 Å². The summed E-state index contributed by atoms with van der Waals surface area (Å²) in [5.41, 5.74) is 4.71. The fraction of sp³-hybridized carbons (Fsp3) is 0.727. The van der Waals surface area contributed by atoms with Crippen molar-refractivity contribution in [3.63, 3.8) is 0 Å². The quantitative estimate of drug-likeness (QED) is 0.869. The summed E-state index contributed by atoms with van der Waals surface area (Å²) in [6, 6.07) is 0. The smallest absolute Gasteiger partial charge is 0.338 e. The third-order valence-electron chi connectivity index (χ3n) is 3.32. The van der Waals surface area contributed by atoms with Crippen LogP contribution in [0.2, 0.25) is 0 Å². The van der Waals surface area contributed by atoms with Crippen LogP contribution in [0.15, 0.2) is 6.20 Å². The molecule has 0 unspecified atom stereocenters. The molecule has 7 heteroatoms. The van der Waals surface area contributed by atoms with E-state index in [1.165, 1.54) is 0 Å². The number of nitrogens with two attached hydrogens (primary N) is 1. The molecule has 3 N–H and O–H groups in total. The third kappa shape index (κ3) is 3.02. The molecule has 1 aromatic rings. The predicted molar refractivity (Wildman–Crippen MR) is 61.1 cm³/mol. The molecule has 0 spiro atoms. The van der Waals surface area contributed by atoms with E-state index in [-0.39, 0.29) is 5.92 Å². The van der Waals surface area contributed by atoms with E-state index < -0.39 is 11.9 Å². The lowest BCUT2D eigenvalue weighted by molar-refractivity contribution is -0.141. The van der Waals surface area contributed by atoms with E-state index in [2.05, 4.69) is 14.9 Å². The van der Waals surface area contributed by atoms with Gasteiger partial charge in [0.05, 0.1) is 6.20 Å². The third-order valence-corrected chi connectivity index (χ3v) is 3.32. The van der Waals surface area contributed by atoms with Gasteiger partial charge in [0, 0.05) is 19.0 Å². The molecule has 18 heavy (non-hydrogen) atoms. The van der Waals surface area contributed by atoms with Crippen LogP contribution in [0.4, 0.5) is 13.2 Å². The van der Waals surface area contributed by atoms with Gasteiger partial charge in [0.1, 0.15) is 11.5 Å². The summed E-state index contributed by atoms with van der Waals surface area (Å²) >= 11 is 0. The Morgan fingerprint density at radius 3 is 2.56 bits per heavy atom. The van der Waals surface area contributed by atoms with Crippen molar-refractivity contribution in [2.75, 3.05) is 26.2 Å². The number of hydrogen-bond donors (Lipinski definition) is 2. The van der Waals surface area contributed by atoms with Crippen LogP contribution in [0.3, 0.4) is 0 Å². The maximum absolute atomic E-state index is 12.4. The summed E-state index contributed by atoms with van der Waals surface area (Å²) in [7, 11) is 0. The highest BCUT2D eigenvalue weighted by molar-refractivity contribution is 5.09. The Hall–Kier alpha value is -1.08. The second-order valence-electron chi connectivity index (χ2n) is 4.58. The van der Waals surface area contributed by atoms with Crippen LogP contribution >= 0.6 is 0 Å². The van der Waals surface area contributed by atoms with Crippen molar-refractivity contribution < 1.29 is 13.2 Å². The Morgan fingerprint density at radius 2 is 2.06 bits per heavy atom. The fourth-order valence-electron chi connectivity index (χ4n) is 2.30. The van der Waals surface area contributed by atoms with Gasteiger partial charge in [0.25, 0.3) is 0 Å². The minimum Gasteiger partial charge on any atom is -0.338 e. The zero-order valence-corrected chi connectivity index (χ0v) is 10.0. The SMILES string of the molecule is NCCN1CCC(c2ncc(C(F)(F)F)[nH]2)CC1. The number of alkyl halides is 3. The molecule has 0 amide bonds. The van der Waals surface area contributed by atoms with E-state index in [0.717, 1.165) is 38.7 Å². The van der Waals surface area contributed by atoms with Crippen LogP contribution in [0.5, 0.6) is 0 Å². The minimum absolute atomic E-state index is 0.0927. The molecule has 0 bridgehead atoms. The van der Waals surface area contributed by atoms with Gasteiger partial charge in [-0.25, -0.2) is 4.98 Å². The lowest BCUT2D eigenvalue weighted by atomic mass is 9.96. The van der Waals surface area contributed by atoms with Gasteiger partial charge in [0.2, 0.25) is 0 Å². The summed E-state index contributed by atoms with van der Waals surface area (Å²) in [6.45, 7) is 3.19. The number of rotatable bonds is 3. The molecular weight excluding hydrogens is 245 g/mol. The highest BCUT2D eigenvalue weighted by Crippen LogP contribution is 2.31. The monoisotopic (exact) mass is 262 g/mol. The molecular formula is C11H17F3N4. The van der Waals surface area contributed by atoms with Gasteiger partial charge in [-0.1, -0.05) is 0 Å². The number of H-pyrrole nitrogens is 1. The molecule has 1 saturated heterocycles. The van der Waals surface area contributed by atoms with E-state index in [0.29, 0.717) is 12.4 Å². The molecule has 0 radical (unpaired) electrons. The Bertz CT molecular complexity index is 380. The Kier molecular flexibility index (Phi) is 3.91. The molecule has 1 aliphatic rings. The second-order valence-corrected chi connectivity index (χ2v) is 4.58. The molecule has 1 fully saturated rings. The summed E-state index contributed by atoms with van der Waals surface area (Å²) in [4.78, 5) is 8.48. The molecule has 1 aromatic heterocycles. The Morgan fingerprint density at radius 1 is 1.39 bits per heavy atom. The number of piperidine rings is 1. The Balaban J connectivity index is 1.95. The molecule has 4 nitrogen and oxygen atoms in total. The van der Waals surface area contributed by atoms with E-state index in [1.54, 1.807) is 0 Å². The maximum atomic E-state index is 12.4. The topological polar surface area (TPSA) is 57.9 Å². The van der Waals surface area contributed by atoms with Crippen molar-refractivity contribution in [1.82, 2.24) is 14.9 Å². The number of aromatic amines is 1. The predicted octanol–water partition coefficient (Wildman–Crippen LogP) is 1.57. The minimum atomic E-state index is -4.34. The summed E-state index contributed by atoms with van der Waals surface area (Å²) < 4.78 is 37.3. The summed E-state index contributed by atoms with van der Waals surface area (Å²) in [5.74, 6) is 0.546. The molecule has 0 aliphatic carbocycles. The van der Waals surface area contributed by atoms with Gasteiger partial charge in [-0.3, -0.25) is 0 Å². The van der Waals surface area contributed by atoms with Crippen molar-refractivity contribution in [1.29, 1.82) is 0 Å². The van der Waals surface area contributed by atoms with Gasteiger partial charge in [0.15, 0.2) is 0 Å². The number of aromatic nitrogens is 2. The van der Waals surface area contributed by atoms with Crippen molar-refractivity contribution >= 4 is 0 Å². The first kappa shape index (κ1) is 13.4. The molecule has 1 aliphatic heterocycles. The maximum Gasteiger partial charge on any atom is 0.432 e. The van der Waals surface area contributed by atoms with Crippen LogP contribution < -0.4 is 5.73 Å². The average Bonchev–Trinajstić information content (AvgIpc) is 2.79. The highest BCUT2D eigenvalue weighted by Gasteiger charge is 2.34. The van der Waals surface area contributed by atoms with Gasteiger partial charge < -0.3 is 15.6 Å². The standard InChI is InChI=1S/C11H17F3N4/c12-11(13,14)9-7-16-10(17-9)8-1-4-18(5-2-8)6-3-15/h7-8H,1-6,15H2,(H,16,17). The average molecular weight is 262 g/mol. The first-order chi connectivity index (χ1) is 8.50. The van der Waals surface area contributed by atoms with E-state index in [1.807, 2.05) is 0 Å². The zero-order valence-electron chi connectivity index (χ0n) is 10.0. The number of likely N-dealkylation sites (tertiary alicyclic amines) is 1. The van der Waals surface area contributed by atoms with Gasteiger partial charge >= 0.3 is 6.18 Å². The van der Waals surface area contributed by atoms with Gasteiger partial charge in [-0.2, -0.15) is 13.2 Å².